The molecule has 0 unspecified atom stereocenters. The third-order valence-electron chi connectivity index (χ3n) is 2.36. The lowest BCUT2D eigenvalue weighted by molar-refractivity contribution is 0.685. The minimum Gasteiger partial charge on any atom is -0.316 e. The monoisotopic (exact) mass is 235 g/mol. The predicted octanol–water partition coefficient (Wildman–Crippen LogP) is 2.30. The van der Waals surface area contributed by atoms with Crippen molar-refractivity contribution in [1.29, 1.82) is 0 Å². The van der Waals surface area contributed by atoms with Crippen molar-refractivity contribution >= 4 is 11.6 Å². The molecule has 0 saturated carbocycles. The highest BCUT2D eigenvalue weighted by Crippen LogP contribution is 2.15. The fourth-order valence-corrected chi connectivity index (χ4v) is 1.78. The van der Waals surface area contributed by atoms with Crippen LogP contribution in [0.15, 0.2) is 36.7 Å². The van der Waals surface area contributed by atoms with Crippen LogP contribution in [-0.2, 0) is 13.1 Å². The number of hydrogen-bond donors (Lipinski definition) is 1. The van der Waals surface area contributed by atoms with Gasteiger partial charge in [-0.25, -0.2) is 0 Å². The van der Waals surface area contributed by atoms with Gasteiger partial charge in [-0.2, -0.15) is 5.10 Å². The van der Waals surface area contributed by atoms with Crippen molar-refractivity contribution in [2.75, 3.05) is 7.05 Å². The quantitative estimate of drug-likeness (QED) is 0.882. The maximum absolute atomic E-state index is 6.09. The Morgan fingerprint density at radius 2 is 2.19 bits per heavy atom. The van der Waals surface area contributed by atoms with Gasteiger partial charge in [0.25, 0.3) is 0 Å². The molecule has 1 heterocycles. The number of halogens is 1. The van der Waals surface area contributed by atoms with E-state index in [0.29, 0.717) is 6.54 Å². The summed E-state index contributed by atoms with van der Waals surface area (Å²) in [6.07, 6.45) is 3.90. The Balaban J connectivity index is 2.11. The molecule has 1 N–H and O–H groups in total. The molecule has 0 spiro atoms. The summed E-state index contributed by atoms with van der Waals surface area (Å²) in [7, 11) is 1.92. The van der Waals surface area contributed by atoms with Gasteiger partial charge in [0.05, 0.1) is 12.7 Å². The van der Waals surface area contributed by atoms with Gasteiger partial charge in [0.1, 0.15) is 0 Å². The zero-order chi connectivity index (χ0) is 11.4. The number of aromatic nitrogens is 2. The van der Waals surface area contributed by atoms with Crippen molar-refractivity contribution in [1.82, 2.24) is 15.1 Å². The fraction of sp³-hybridized carbons (Fsp3) is 0.250. The molecule has 0 amide bonds. The fourth-order valence-electron chi connectivity index (χ4n) is 1.59. The van der Waals surface area contributed by atoms with Crippen LogP contribution >= 0.6 is 11.6 Å². The lowest BCUT2D eigenvalue weighted by atomic mass is 10.2. The van der Waals surface area contributed by atoms with E-state index in [1.54, 1.807) is 0 Å². The van der Waals surface area contributed by atoms with E-state index < -0.39 is 0 Å². The van der Waals surface area contributed by atoms with Gasteiger partial charge in [-0.3, -0.25) is 4.68 Å². The van der Waals surface area contributed by atoms with Gasteiger partial charge in [-0.15, -0.1) is 0 Å². The second-order valence-corrected chi connectivity index (χ2v) is 4.08. The minimum absolute atomic E-state index is 0.712. The number of rotatable bonds is 4. The highest BCUT2D eigenvalue weighted by molar-refractivity contribution is 6.31. The topological polar surface area (TPSA) is 29.9 Å². The van der Waals surface area contributed by atoms with Gasteiger partial charge >= 0.3 is 0 Å². The second-order valence-electron chi connectivity index (χ2n) is 3.67. The Morgan fingerprint density at radius 1 is 1.38 bits per heavy atom. The van der Waals surface area contributed by atoms with Crippen molar-refractivity contribution in [3.63, 3.8) is 0 Å². The van der Waals surface area contributed by atoms with Crippen molar-refractivity contribution in [2.24, 2.45) is 0 Å². The van der Waals surface area contributed by atoms with E-state index in [4.69, 9.17) is 11.6 Å². The van der Waals surface area contributed by atoms with Crippen molar-refractivity contribution < 1.29 is 0 Å². The molecule has 0 fully saturated rings. The van der Waals surface area contributed by atoms with E-state index in [1.165, 1.54) is 5.56 Å². The molecule has 2 aromatic rings. The molecule has 16 heavy (non-hydrogen) atoms. The van der Waals surface area contributed by atoms with Crippen molar-refractivity contribution in [3.05, 3.63) is 52.8 Å². The first-order chi connectivity index (χ1) is 7.79. The van der Waals surface area contributed by atoms with Gasteiger partial charge < -0.3 is 5.32 Å². The lowest BCUT2D eigenvalue weighted by Crippen LogP contribution is -2.04. The first kappa shape index (κ1) is 11.2. The first-order valence-corrected chi connectivity index (χ1v) is 5.56. The molecular weight excluding hydrogens is 222 g/mol. The molecule has 1 aromatic carbocycles. The molecule has 0 aliphatic rings. The van der Waals surface area contributed by atoms with Gasteiger partial charge in [-0.05, 0) is 18.7 Å². The Hall–Kier alpha value is -1.32. The third kappa shape index (κ3) is 2.62. The average Bonchev–Trinajstić information content (AvgIpc) is 2.70. The van der Waals surface area contributed by atoms with Crippen LogP contribution in [0.1, 0.15) is 11.1 Å². The molecule has 0 atom stereocenters. The standard InChI is InChI=1S/C12H14ClN3/c1-14-6-10-7-15-16(8-10)9-11-4-2-3-5-12(11)13/h2-5,7-8,14H,6,9H2,1H3. The number of nitrogens with one attached hydrogen (secondary N) is 1. The zero-order valence-electron chi connectivity index (χ0n) is 9.15. The van der Waals surface area contributed by atoms with E-state index in [-0.39, 0.29) is 0 Å². The van der Waals surface area contributed by atoms with Crippen LogP contribution < -0.4 is 5.32 Å². The van der Waals surface area contributed by atoms with Crippen LogP contribution in [0.4, 0.5) is 0 Å². The maximum atomic E-state index is 6.09. The SMILES string of the molecule is CNCc1cnn(Cc2ccccc2Cl)c1. The number of nitrogens with zero attached hydrogens (tertiary/aromatic N) is 2. The van der Waals surface area contributed by atoms with Crippen molar-refractivity contribution in [3.8, 4) is 0 Å². The number of benzene rings is 1. The van der Waals surface area contributed by atoms with Gasteiger partial charge in [0.15, 0.2) is 0 Å². The summed E-state index contributed by atoms with van der Waals surface area (Å²) in [6, 6.07) is 7.83. The van der Waals surface area contributed by atoms with Gasteiger partial charge in [-0.1, -0.05) is 29.8 Å². The van der Waals surface area contributed by atoms with Crippen LogP contribution in [0.3, 0.4) is 0 Å². The van der Waals surface area contributed by atoms with Crippen LogP contribution in [0.25, 0.3) is 0 Å². The largest absolute Gasteiger partial charge is 0.316 e. The van der Waals surface area contributed by atoms with Crippen LogP contribution in [0.2, 0.25) is 5.02 Å². The average molecular weight is 236 g/mol. The molecule has 0 bridgehead atoms. The molecule has 0 saturated heterocycles. The van der Waals surface area contributed by atoms with Crippen LogP contribution in [0, 0.1) is 0 Å². The van der Waals surface area contributed by atoms with Gasteiger partial charge in [0, 0.05) is 23.3 Å². The zero-order valence-corrected chi connectivity index (χ0v) is 9.91. The summed E-state index contributed by atoms with van der Waals surface area (Å²) < 4.78 is 1.90. The smallest absolute Gasteiger partial charge is 0.0674 e. The number of hydrogen-bond acceptors (Lipinski definition) is 2. The molecule has 0 radical (unpaired) electrons. The third-order valence-corrected chi connectivity index (χ3v) is 2.73. The molecule has 1 aromatic heterocycles. The summed E-state index contributed by atoms with van der Waals surface area (Å²) in [4.78, 5) is 0. The maximum Gasteiger partial charge on any atom is 0.0674 e. The molecule has 84 valence electrons. The van der Waals surface area contributed by atoms with E-state index >= 15 is 0 Å². The Morgan fingerprint density at radius 3 is 2.94 bits per heavy atom. The summed E-state index contributed by atoms with van der Waals surface area (Å²) in [5.74, 6) is 0. The molecule has 2 rings (SSSR count). The normalized spacial score (nSPS) is 10.6. The Bertz CT molecular complexity index is 465. The minimum atomic E-state index is 0.712. The molecule has 0 aliphatic heterocycles. The van der Waals surface area contributed by atoms with Crippen LogP contribution in [0.5, 0.6) is 0 Å². The molecular formula is C12H14ClN3. The Labute approximate surface area is 100 Å². The second kappa shape index (κ2) is 5.14. The Kier molecular flexibility index (Phi) is 3.59. The summed E-state index contributed by atoms with van der Waals surface area (Å²) in [5, 5.41) is 8.17. The predicted molar refractivity (Wildman–Crippen MR) is 65.5 cm³/mol. The highest BCUT2D eigenvalue weighted by atomic mass is 35.5. The van der Waals surface area contributed by atoms with Gasteiger partial charge in [0.2, 0.25) is 0 Å². The molecule has 3 nitrogen and oxygen atoms in total. The molecule has 4 heteroatoms. The summed E-state index contributed by atoms with van der Waals surface area (Å²) in [5.41, 5.74) is 2.26. The van der Waals surface area contributed by atoms with E-state index in [9.17, 15) is 0 Å². The summed E-state index contributed by atoms with van der Waals surface area (Å²) >= 11 is 6.09. The van der Waals surface area contributed by atoms with E-state index in [2.05, 4.69) is 10.4 Å². The lowest BCUT2D eigenvalue weighted by Gasteiger charge is -2.03. The van der Waals surface area contributed by atoms with Crippen LogP contribution in [-0.4, -0.2) is 16.8 Å². The molecule has 0 aliphatic carbocycles. The summed E-state index contributed by atoms with van der Waals surface area (Å²) in [6.45, 7) is 1.55. The highest BCUT2D eigenvalue weighted by Gasteiger charge is 2.02. The van der Waals surface area contributed by atoms with E-state index in [1.807, 2.05) is 48.4 Å². The van der Waals surface area contributed by atoms with Crippen molar-refractivity contribution in [2.45, 2.75) is 13.1 Å². The van der Waals surface area contributed by atoms with E-state index in [0.717, 1.165) is 17.1 Å². The first-order valence-electron chi connectivity index (χ1n) is 5.19.